The third kappa shape index (κ3) is 3.01. The normalized spacial score (nSPS) is 11.8. The highest BCUT2D eigenvalue weighted by atomic mass is 32.2. The van der Waals surface area contributed by atoms with E-state index in [-0.39, 0.29) is 4.90 Å². The minimum atomic E-state index is -3.71. The summed E-state index contributed by atoms with van der Waals surface area (Å²) in [5, 5.41) is 3.73. The van der Waals surface area contributed by atoms with E-state index in [1.165, 1.54) is 12.1 Å². The largest absolute Gasteiger partial charge is 0.299 e. The molecule has 0 spiro atoms. The fourth-order valence-corrected chi connectivity index (χ4v) is 2.15. The van der Waals surface area contributed by atoms with Crippen molar-refractivity contribution in [2.45, 2.75) is 11.8 Å². The summed E-state index contributed by atoms with van der Waals surface area (Å²) in [4.78, 5) is 0.140. The van der Waals surface area contributed by atoms with E-state index in [0.717, 1.165) is 5.56 Å². The summed E-state index contributed by atoms with van der Waals surface area (Å²) in [6.07, 6.45) is 0. The topological polar surface area (TPSA) is 58.9 Å². The van der Waals surface area contributed by atoms with Crippen molar-refractivity contribution in [3.63, 3.8) is 0 Å². The van der Waals surface area contributed by atoms with Gasteiger partial charge in [0.15, 0.2) is 0 Å². The van der Waals surface area contributed by atoms with Crippen LogP contribution < -0.4 is 0 Å². The maximum Gasteiger partial charge on any atom is 0.299 e. The van der Waals surface area contributed by atoms with Gasteiger partial charge in [0.25, 0.3) is 10.0 Å². The summed E-state index contributed by atoms with van der Waals surface area (Å²) in [6.45, 7) is 1.95. The third-order valence-corrected chi connectivity index (χ3v) is 3.50. The lowest BCUT2D eigenvalue weighted by atomic mass is 10.2. The summed E-state index contributed by atoms with van der Waals surface area (Å²) >= 11 is 0. The van der Waals surface area contributed by atoms with Gasteiger partial charge in [-0.15, -0.1) is 5.11 Å². The first-order chi connectivity index (χ1) is 8.58. The van der Waals surface area contributed by atoms with Crippen LogP contribution in [0.5, 0.6) is 0 Å². The summed E-state index contributed by atoms with van der Waals surface area (Å²) in [5.41, 5.74) is 1.60. The number of nitrogens with zero attached hydrogens (tertiary/aromatic N) is 2. The van der Waals surface area contributed by atoms with Gasteiger partial charge in [-0.2, -0.15) is 8.42 Å². The highest BCUT2D eigenvalue weighted by Gasteiger charge is 2.11. The lowest BCUT2D eigenvalue weighted by Crippen LogP contribution is -1.94. The SMILES string of the molecule is Cc1ccc(N=NS(=O)(=O)c2ccccc2)cc1. The molecule has 0 radical (unpaired) electrons. The van der Waals surface area contributed by atoms with Crippen LogP contribution in [0.2, 0.25) is 0 Å². The smallest absolute Gasteiger partial charge is 0.198 e. The number of rotatable bonds is 3. The van der Waals surface area contributed by atoms with E-state index in [2.05, 4.69) is 9.63 Å². The summed E-state index contributed by atoms with van der Waals surface area (Å²) in [7, 11) is -3.71. The predicted octanol–water partition coefficient (Wildman–Crippen LogP) is 3.47. The van der Waals surface area contributed by atoms with Crippen molar-refractivity contribution in [2.24, 2.45) is 9.63 Å². The van der Waals surface area contributed by atoms with Crippen LogP contribution in [0.25, 0.3) is 0 Å². The Bertz CT molecular complexity index is 647. The maximum atomic E-state index is 11.8. The van der Waals surface area contributed by atoms with Gasteiger partial charge < -0.3 is 0 Å². The molecular formula is C13H12N2O2S. The summed E-state index contributed by atoms with van der Waals surface area (Å²) < 4.78 is 27.0. The summed E-state index contributed by atoms with van der Waals surface area (Å²) in [6, 6.07) is 15.2. The van der Waals surface area contributed by atoms with Crippen molar-refractivity contribution in [3.8, 4) is 0 Å². The zero-order chi connectivity index (χ0) is 13.0. The Balaban J connectivity index is 2.26. The van der Waals surface area contributed by atoms with Crippen molar-refractivity contribution >= 4 is 15.7 Å². The van der Waals surface area contributed by atoms with Gasteiger partial charge in [-0.3, -0.25) is 0 Å². The Morgan fingerprint density at radius 3 is 2.11 bits per heavy atom. The number of hydrogen-bond donors (Lipinski definition) is 0. The van der Waals surface area contributed by atoms with Crippen molar-refractivity contribution < 1.29 is 8.42 Å². The third-order valence-electron chi connectivity index (χ3n) is 2.34. The van der Waals surface area contributed by atoms with Gasteiger partial charge in [-0.1, -0.05) is 40.4 Å². The zero-order valence-corrected chi connectivity index (χ0v) is 10.6. The molecule has 0 aliphatic carbocycles. The van der Waals surface area contributed by atoms with Gasteiger partial charge in [0.2, 0.25) is 0 Å². The monoisotopic (exact) mass is 260 g/mol. The first-order valence-electron chi connectivity index (χ1n) is 5.38. The molecule has 0 N–H and O–H groups in total. The number of aryl methyl sites for hydroxylation is 1. The van der Waals surface area contributed by atoms with Crippen molar-refractivity contribution in [3.05, 3.63) is 60.2 Å². The second-order valence-corrected chi connectivity index (χ2v) is 5.39. The van der Waals surface area contributed by atoms with E-state index >= 15 is 0 Å². The predicted molar refractivity (Wildman–Crippen MR) is 69.3 cm³/mol. The molecule has 0 unspecified atom stereocenters. The van der Waals surface area contributed by atoms with Crippen LogP contribution in [-0.2, 0) is 10.0 Å². The average Bonchev–Trinajstić information content (AvgIpc) is 2.39. The molecule has 92 valence electrons. The first kappa shape index (κ1) is 12.4. The summed E-state index contributed by atoms with van der Waals surface area (Å²) in [5.74, 6) is 0. The Kier molecular flexibility index (Phi) is 3.53. The highest BCUT2D eigenvalue weighted by molar-refractivity contribution is 7.90. The number of benzene rings is 2. The van der Waals surface area contributed by atoms with E-state index in [1.807, 2.05) is 19.1 Å². The first-order valence-corrected chi connectivity index (χ1v) is 6.82. The Hall–Kier alpha value is -2.01. The molecule has 0 aromatic heterocycles. The molecule has 0 saturated heterocycles. The van der Waals surface area contributed by atoms with Crippen LogP contribution in [0.4, 0.5) is 5.69 Å². The second-order valence-electron chi connectivity index (χ2n) is 3.81. The van der Waals surface area contributed by atoms with Gasteiger partial charge >= 0.3 is 0 Å². The maximum absolute atomic E-state index is 11.8. The zero-order valence-electron chi connectivity index (χ0n) is 9.82. The lowest BCUT2D eigenvalue weighted by Gasteiger charge is -1.96. The van der Waals surface area contributed by atoms with Crippen LogP contribution in [-0.4, -0.2) is 8.42 Å². The molecular weight excluding hydrogens is 248 g/mol. The van der Waals surface area contributed by atoms with E-state index in [0.29, 0.717) is 5.69 Å². The molecule has 0 heterocycles. The van der Waals surface area contributed by atoms with Crippen molar-refractivity contribution in [2.75, 3.05) is 0 Å². The van der Waals surface area contributed by atoms with Crippen molar-refractivity contribution in [1.29, 1.82) is 0 Å². The Morgan fingerprint density at radius 1 is 0.889 bits per heavy atom. The van der Waals surface area contributed by atoms with Gasteiger partial charge in [-0.25, -0.2) is 0 Å². The number of hydrogen-bond acceptors (Lipinski definition) is 3. The van der Waals surface area contributed by atoms with Crippen LogP contribution >= 0.6 is 0 Å². The Morgan fingerprint density at radius 2 is 1.50 bits per heavy atom. The molecule has 0 aliphatic heterocycles. The van der Waals surface area contributed by atoms with Gasteiger partial charge in [0, 0.05) is 0 Å². The van der Waals surface area contributed by atoms with Gasteiger partial charge in [0.1, 0.15) is 0 Å². The van der Waals surface area contributed by atoms with Crippen LogP contribution in [0, 0.1) is 6.92 Å². The quantitative estimate of drug-likeness (QED) is 0.793. The minimum absolute atomic E-state index is 0.140. The van der Waals surface area contributed by atoms with Gasteiger partial charge in [-0.05, 0) is 31.2 Å². The molecule has 5 heteroatoms. The molecule has 2 aromatic rings. The van der Waals surface area contributed by atoms with E-state index in [9.17, 15) is 8.42 Å². The molecule has 0 aliphatic rings. The fraction of sp³-hybridized carbons (Fsp3) is 0.0769. The van der Waals surface area contributed by atoms with E-state index in [4.69, 9.17) is 0 Å². The fourth-order valence-electron chi connectivity index (χ4n) is 1.35. The van der Waals surface area contributed by atoms with Gasteiger partial charge in [0.05, 0.1) is 10.6 Å². The molecule has 0 atom stereocenters. The molecule has 0 bridgehead atoms. The number of sulfonamides is 1. The molecule has 2 rings (SSSR count). The molecule has 4 nitrogen and oxygen atoms in total. The molecule has 18 heavy (non-hydrogen) atoms. The van der Waals surface area contributed by atoms with E-state index in [1.54, 1.807) is 30.3 Å². The van der Waals surface area contributed by atoms with Crippen LogP contribution in [0.1, 0.15) is 5.56 Å². The second kappa shape index (κ2) is 5.10. The average molecular weight is 260 g/mol. The van der Waals surface area contributed by atoms with Crippen molar-refractivity contribution in [1.82, 2.24) is 0 Å². The highest BCUT2D eigenvalue weighted by Crippen LogP contribution is 2.17. The molecule has 0 amide bonds. The lowest BCUT2D eigenvalue weighted by molar-refractivity contribution is 0.595. The minimum Gasteiger partial charge on any atom is -0.198 e. The van der Waals surface area contributed by atoms with E-state index < -0.39 is 10.0 Å². The standard InChI is InChI=1S/C13H12N2O2S/c1-11-7-9-12(10-8-11)14-15-18(16,17)13-5-3-2-4-6-13/h2-10H,1H3. The molecule has 0 saturated carbocycles. The Labute approximate surface area is 106 Å². The van der Waals surface area contributed by atoms with Crippen LogP contribution in [0.15, 0.2) is 69.1 Å². The molecule has 2 aromatic carbocycles. The van der Waals surface area contributed by atoms with Crippen LogP contribution in [0.3, 0.4) is 0 Å². The molecule has 0 fully saturated rings.